The molecule has 0 spiro atoms. The number of ether oxygens (including phenoxy) is 1. The molecule has 0 saturated carbocycles. The number of pyridine rings is 1. The Balaban J connectivity index is 1.90. The molecule has 1 N–H and O–H groups in total. The monoisotopic (exact) mass is 438 g/mol. The number of fused-ring (bicyclic) bond motifs is 2. The molecule has 4 aromatic rings. The number of hydrogen-bond donors (Lipinski definition) is 1. The molecule has 6 nitrogen and oxygen atoms in total. The number of nitrogens with zero attached hydrogens (tertiary/aromatic N) is 1. The number of aryl methyl sites for hydroxylation is 2. The van der Waals surface area contributed by atoms with Crippen LogP contribution in [0.2, 0.25) is 0 Å². The minimum atomic E-state index is -0.693. The van der Waals surface area contributed by atoms with Crippen LogP contribution in [0.4, 0.5) is 11.4 Å². The number of hydrogen-bond acceptors (Lipinski definition) is 5. The smallest absolute Gasteiger partial charge is 0.344 e. The van der Waals surface area contributed by atoms with Crippen molar-refractivity contribution in [3.8, 4) is 11.1 Å². The number of rotatable bonds is 4. The largest absolute Gasteiger partial charge is 0.462 e. The molecule has 0 fully saturated rings. The number of esters is 1. The molecule has 1 aliphatic rings. The summed E-state index contributed by atoms with van der Waals surface area (Å²) in [6.07, 6.45) is 0. The van der Waals surface area contributed by atoms with Crippen LogP contribution >= 0.6 is 0 Å². The van der Waals surface area contributed by atoms with Crippen molar-refractivity contribution in [2.24, 2.45) is 7.05 Å². The predicted octanol–water partition coefficient (Wildman–Crippen LogP) is 4.98. The maximum absolute atomic E-state index is 13.7. The quantitative estimate of drug-likeness (QED) is 0.401. The van der Waals surface area contributed by atoms with Gasteiger partial charge in [-0.25, -0.2) is 4.79 Å². The second-order valence-corrected chi connectivity index (χ2v) is 8.08. The first kappa shape index (κ1) is 20.7. The van der Waals surface area contributed by atoms with Gasteiger partial charge < -0.3 is 14.6 Å². The second kappa shape index (κ2) is 7.74. The van der Waals surface area contributed by atoms with Gasteiger partial charge in [0.25, 0.3) is 5.56 Å². The summed E-state index contributed by atoms with van der Waals surface area (Å²) < 4.78 is 6.65. The Morgan fingerprint density at radius 2 is 1.64 bits per heavy atom. The third kappa shape index (κ3) is 3.14. The van der Waals surface area contributed by atoms with Crippen LogP contribution in [0.25, 0.3) is 22.0 Å². The molecular formula is C27H22N2O4. The van der Waals surface area contributed by atoms with Gasteiger partial charge >= 0.3 is 5.97 Å². The fourth-order valence-electron chi connectivity index (χ4n) is 4.46. The highest BCUT2D eigenvalue weighted by atomic mass is 16.5. The van der Waals surface area contributed by atoms with Gasteiger partial charge in [0.15, 0.2) is 5.78 Å². The molecule has 6 heteroatoms. The van der Waals surface area contributed by atoms with Crippen molar-refractivity contribution >= 4 is 34.0 Å². The Morgan fingerprint density at radius 1 is 0.939 bits per heavy atom. The third-order valence-corrected chi connectivity index (χ3v) is 6.04. The Bertz CT molecular complexity index is 1510. The third-order valence-electron chi connectivity index (χ3n) is 6.04. The molecule has 164 valence electrons. The molecule has 0 atom stereocenters. The van der Waals surface area contributed by atoms with Gasteiger partial charge in [0, 0.05) is 29.2 Å². The molecule has 1 aromatic heterocycles. The number of aromatic nitrogens is 1. The molecule has 5 rings (SSSR count). The van der Waals surface area contributed by atoms with Crippen LogP contribution in [0.5, 0.6) is 0 Å². The van der Waals surface area contributed by atoms with Crippen LogP contribution in [0.15, 0.2) is 65.5 Å². The number of benzene rings is 3. The van der Waals surface area contributed by atoms with Crippen LogP contribution in [-0.4, -0.2) is 22.9 Å². The first-order valence-corrected chi connectivity index (χ1v) is 10.8. The maximum Gasteiger partial charge on any atom is 0.344 e. The average Bonchev–Trinajstić information content (AvgIpc) is 2.81. The van der Waals surface area contributed by atoms with E-state index in [4.69, 9.17) is 4.74 Å². The number of anilines is 2. The van der Waals surface area contributed by atoms with E-state index in [1.165, 1.54) is 4.57 Å². The Morgan fingerprint density at radius 3 is 2.33 bits per heavy atom. The van der Waals surface area contributed by atoms with Gasteiger partial charge in [-0.05, 0) is 43.7 Å². The topological polar surface area (TPSA) is 77.4 Å². The zero-order valence-corrected chi connectivity index (χ0v) is 18.6. The second-order valence-electron chi connectivity index (χ2n) is 8.08. The first-order chi connectivity index (χ1) is 15.9. The molecule has 0 unspecified atom stereocenters. The van der Waals surface area contributed by atoms with Crippen molar-refractivity contribution in [3.05, 3.63) is 93.3 Å². The summed E-state index contributed by atoms with van der Waals surface area (Å²) >= 11 is 0. The fraction of sp³-hybridized carbons (Fsp3) is 0.148. The highest BCUT2D eigenvalue weighted by molar-refractivity contribution is 6.29. The van der Waals surface area contributed by atoms with Gasteiger partial charge in [-0.3, -0.25) is 9.59 Å². The molecule has 0 saturated heterocycles. The van der Waals surface area contributed by atoms with E-state index < -0.39 is 11.5 Å². The van der Waals surface area contributed by atoms with Gasteiger partial charge in [-0.15, -0.1) is 0 Å². The molecule has 0 amide bonds. The molecule has 0 aliphatic heterocycles. The van der Waals surface area contributed by atoms with Crippen molar-refractivity contribution in [2.45, 2.75) is 13.8 Å². The van der Waals surface area contributed by atoms with Crippen LogP contribution in [0.1, 0.15) is 38.8 Å². The van der Waals surface area contributed by atoms with Crippen LogP contribution in [0.3, 0.4) is 0 Å². The van der Waals surface area contributed by atoms with E-state index in [0.29, 0.717) is 38.8 Å². The van der Waals surface area contributed by atoms with Gasteiger partial charge in [-0.2, -0.15) is 0 Å². The normalized spacial score (nSPS) is 11.9. The molecule has 1 aliphatic carbocycles. The summed E-state index contributed by atoms with van der Waals surface area (Å²) in [6, 6.07) is 18.5. The van der Waals surface area contributed by atoms with Crippen molar-refractivity contribution in [2.75, 3.05) is 11.9 Å². The molecular weight excluding hydrogens is 416 g/mol. The molecule has 1 heterocycles. The number of nitrogens with one attached hydrogen (secondary N) is 1. The van der Waals surface area contributed by atoms with Crippen molar-refractivity contribution in [1.29, 1.82) is 0 Å². The SMILES string of the molecule is CCOC(=O)c1c2c3c(c(Nc4ccc(C)cc4)ccc3n(C)c1=O)C(=O)c1ccccc1-2. The van der Waals surface area contributed by atoms with E-state index in [0.717, 1.165) is 11.3 Å². The van der Waals surface area contributed by atoms with E-state index in [2.05, 4.69) is 5.32 Å². The Hall–Kier alpha value is -4.19. The zero-order valence-electron chi connectivity index (χ0n) is 18.6. The lowest BCUT2D eigenvalue weighted by Gasteiger charge is -2.25. The summed E-state index contributed by atoms with van der Waals surface area (Å²) in [6.45, 7) is 3.84. The van der Waals surface area contributed by atoms with E-state index in [1.54, 1.807) is 50.4 Å². The molecule has 3 aromatic carbocycles. The lowest BCUT2D eigenvalue weighted by Crippen LogP contribution is -2.29. The summed E-state index contributed by atoms with van der Waals surface area (Å²) in [5, 5.41) is 3.92. The predicted molar refractivity (Wildman–Crippen MR) is 128 cm³/mol. The van der Waals surface area contributed by atoms with E-state index in [9.17, 15) is 14.4 Å². The van der Waals surface area contributed by atoms with Crippen LogP contribution < -0.4 is 10.9 Å². The van der Waals surface area contributed by atoms with E-state index in [-0.39, 0.29) is 18.0 Å². The van der Waals surface area contributed by atoms with E-state index >= 15 is 0 Å². The summed E-state index contributed by atoms with van der Waals surface area (Å²) in [4.78, 5) is 39.9. The highest BCUT2D eigenvalue weighted by Crippen LogP contribution is 2.43. The van der Waals surface area contributed by atoms with Crippen LogP contribution in [-0.2, 0) is 11.8 Å². The van der Waals surface area contributed by atoms with Gasteiger partial charge in [-0.1, -0.05) is 42.0 Å². The molecule has 33 heavy (non-hydrogen) atoms. The van der Waals surface area contributed by atoms with Gasteiger partial charge in [0.1, 0.15) is 5.56 Å². The van der Waals surface area contributed by atoms with Gasteiger partial charge in [0.2, 0.25) is 0 Å². The summed E-state index contributed by atoms with van der Waals surface area (Å²) in [5.41, 5.74) is 4.53. The zero-order chi connectivity index (χ0) is 23.3. The van der Waals surface area contributed by atoms with Crippen molar-refractivity contribution < 1.29 is 14.3 Å². The Labute approximate surface area is 190 Å². The highest BCUT2D eigenvalue weighted by Gasteiger charge is 2.34. The number of ketones is 1. The van der Waals surface area contributed by atoms with E-state index in [1.807, 2.05) is 31.2 Å². The minimum absolute atomic E-state index is 0.0551. The maximum atomic E-state index is 13.7. The fourth-order valence-corrected chi connectivity index (χ4v) is 4.46. The lowest BCUT2D eigenvalue weighted by atomic mass is 9.81. The molecule has 0 bridgehead atoms. The summed E-state index contributed by atoms with van der Waals surface area (Å²) in [7, 11) is 1.60. The van der Waals surface area contributed by atoms with Crippen LogP contribution in [0, 0.1) is 6.92 Å². The number of carbonyl (C=O) groups is 2. The number of carbonyl (C=O) groups excluding carboxylic acids is 2. The average molecular weight is 438 g/mol. The van der Waals surface area contributed by atoms with Crippen molar-refractivity contribution in [3.63, 3.8) is 0 Å². The minimum Gasteiger partial charge on any atom is -0.462 e. The molecule has 0 radical (unpaired) electrons. The Kier molecular flexibility index (Phi) is 4.86. The van der Waals surface area contributed by atoms with Gasteiger partial charge in [0.05, 0.1) is 23.4 Å². The lowest BCUT2D eigenvalue weighted by molar-refractivity contribution is 0.0524. The summed E-state index contributed by atoms with van der Waals surface area (Å²) in [5.74, 6) is -0.853. The van der Waals surface area contributed by atoms with Crippen molar-refractivity contribution in [1.82, 2.24) is 4.57 Å². The first-order valence-electron chi connectivity index (χ1n) is 10.8. The standard InChI is InChI=1S/C27H22N2O4/c1-4-33-27(32)24-21-17-7-5-6-8-18(17)25(30)22-19(28-16-11-9-15(2)10-12-16)13-14-20(23(21)22)29(3)26(24)31/h5-14,28H,4H2,1-3H3.